The van der Waals surface area contributed by atoms with Crippen LogP contribution < -0.4 is 4.74 Å². The van der Waals surface area contributed by atoms with Crippen molar-refractivity contribution >= 4 is 5.97 Å². The lowest BCUT2D eigenvalue weighted by molar-refractivity contribution is -0.139. The van der Waals surface area contributed by atoms with Gasteiger partial charge in [0.15, 0.2) is 0 Å². The molecule has 1 unspecified atom stereocenters. The minimum absolute atomic E-state index is 0.0961. The fourth-order valence-electron chi connectivity index (χ4n) is 3.91. The highest BCUT2D eigenvalue weighted by atomic mass is 19.4. The van der Waals surface area contributed by atoms with Crippen LogP contribution in [0.3, 0.4) is 0 Å². The third kappa shape index (κ3) is 5.79. The van der Waals surface area contributed by atoms with E-state index in [2.05, 4.69) is 4.98 Å². The summed E-state index contributed by atoms with van der Waals surface area (Å²) >= 11 is 0. The molecule has 1 N–H and O–H groups in total. The van der Waals surface area contributed by atoms with Crippen LogP contribution in [0.5, 0.6) is 5.75 Å². The van der Waals surface area contributed by atoms with Crippen molar-refractivity contribution in [1.29, 1.82) is 0 Å². The molecule has 0 amide bonds. The lowest BCUT2D eigenvalue weighted by Gasteiger charge is -2.22. The first kappa shape index (κ1) is 25.3. The quantitative estimate of drug-likeness (QED) is 0.381. The number of rotatable bonds is 9. The number of aromatic nitrogens is 2. The predicted octanol–water partition coefficient (Wildman–Crippen LogP) is 6.56. The minimum atomic E-state index is -4.40. The van der Waals surface area contributed by atoms with Gasteiger partial charge in [-0.15, -0.1) is 0 Å². The Hall–Kier alpha value is -3.29. The number of carbonyl (C=O) groups is 1. The molecule has 3 aromatic rings. The summed E-state index contributed by atoms with van der Waals surface area (Å²) in [5.74, 6) is 0.238. The number of nitrogens with zero attached hydrogens (tertiary/aromatic N) is 2. The number of benzene rings is 2. The van der Waals surface area contributed by atoms with Crippen LogP contribution in [-0.2, 0) is 17.5 Å². The minimum Gasteiger partial charge on any atom is -0.489 e. The molecule has 1 heterocycles. The Bertz CT molecular complexity index is 1150. The summed E-state index contributed by atoms with van der Waals surface area (Å²) in [6.07, 6.45) is -1.87. The topological polar surface area (TPSA) is 64.3 Å². The van der Waals surface area contributed by atoms with Gasteiger partial charge in [-0.05, 0) is 56.5 Å². The van der Waals surface area contributed by atoms with Crippen LogP contribution >= 0.6 is 0 Å². The Morgan fingerprint density at radius 1 is 1.12 bits per heavy atom. The van der Waals surface area contributed by atoms with Crippen molar-refractivity contribution < 1.29 is 27.8 Å². The van der Waals surface area contributed by atoms with Crippen LogP contribution in [0.1, 0.15) is 54.1 Å². The summed E-state index contributed by atoms with van der Waals surface area (Å²) in [6, 6.07) is 8.74. The number of hydrogen-bond acceptors (Lipinski definition) is 3. The van der Waals surface area contributed by atoms with E-state index in [1.165, 1.54) is 12.1 Å². The number of ether oxygens (including phenoxy) is 1. The second-order valence-electron chi connectivity index (χ2n) is 8.49. The number of carboxylic acid groups (broad SMARTS) is 1. The van der Waals surface area contributed by atoms with Gasteiger partial charge in [0.2, 0.25) is 0 Å². The van der Waals surface area contributed by atoms with E-state index in [9.17, 15) is 23.1 Å². The van der Waals surface area contributed by atoms with Gasteiger partial charge in [0.05, 0.1) is 18.5 Å². The summed E-state index contributed by atoms with van der Waals surface area (Å²) in [6.45, 7) is 8.22. The van der Waals surface area contributed by atoms with Gasteiger partial charge in [-0.25, -0.2) is 4.98 Å². The highest BCUT2D eigenvalue weighted by Gasteiger charge is 2.30. The van der Waals surface area contributed by atoms with Crippen molar-refractivity contribution in [3.63, 3.8) is 0 Å². The molecule has 0 radical (unpaired) electrons. The number of hydrogen-bond donors (Lipinski definition) is 1. The standard InChI is InChI=1S/C26H29F3N2O3/c1-5-6-21(13-24(32)33)34-23-12-7-16(2)18(4)22(23)15-31-17(3)14-30-25(31)19-8-10-20(11-9-19)26(27,28)29/h7-12,14,21H,5-6,13,15H2,1-4H3,(H,32,33). The Balaban J connectivity index is 1.99. The third-order valence-corrected chi connectivity index (χ3v) is 5.97. The number of imidazole rings is 1. The number of halogens is 3. The highest BCUT2D eigenvalue weighted by molar-refractivity contribution is 5.67. The van der Waals surface area contributed by atoms with Crippen molar-refractivity contribution in [2.24, 2.45) is 0 Å². The maximum atomic E-state index is 13.0. The normalized spacial score (nSPS) is 12.6. The second kappa shape index (κ2) is 10.3. The zero-order chi connectivity index (χ0) is 25.0. The SMILES string of the molecule is CCCC(CC(=O)O)Oc1ccc(C)c(C)c1Cn1c(C)cnc1-c1ccc(C(F)(F)F)cc1. The Labute approximate surface area is 197 Å². The van der Waals surface area contributed by atoms with Crippen molar-refractivity contribution in [3.05, 3.63) is 70.5 Å². The number of aliphatic carboxylic acids is 1. The van der Waals surface area contributed by atoms with Gasteiger partial charge in [0, 0.05) is 23.0 Å². The number of alkyl halides is 3. The molecular weight excluding hydrogens is 445 g/mol. The van der Waals surface area contributed by atoms with Crippen LogP contribution in [-0.4, -0.2) is 26.7 Å². The molecule has 8 heteroatoms. The Morgan fingerprint density at radius 2 is 1.79 bits per heavy atom. The van der Waals surface area contributed by atoms with Gasteiger partial charge in [0.25, 0.3) is 0 Å². The predicted molar refractivity (Wildman–Crippen MR) is 124 cm³/mol. The summed E-state index contributed by atoms with van der Waals surface area (Å²) in [5.41, 5.74) is 3.66. The smallest absolute Gasteiger partial charge is 0.416 e. The molecule has 0 aliphatic carbocycles. The molecule has 0 saturated heterocycles. The van der Waals surface area contributed by atoms with Gasteiger partial charge in [-0.3, -0.25) is 4.79 Å². The molecule has 3 rings (SSSR count). The van der Waals surface area contributed by atoms with E-state index in [1.807, 2.05) is 44.4 Å². The molecule has 2 aromatic carbocycles. The molecule has 0 fully saturated rings. The maximum Gasteiger partial charge on any atom is 0.416 e. The van der Waals surface area contributed by atoms with E-state index >= 15 is 0 Å². The monoisotopic (exact) mass is 474 g/mol. The molecule has 0 aliphatic heterocycles. The van der Waals surface area contributed by atoms with Gasteiger partial charge < -0.3 is 14.4 Å². The molecule has 5 nitrogen and oxygen atoms in total. The van der Waals surface area contributed by atoms with Crippen molar-refractivity contribution in [2.45, 2.75) is 65.8 Å². The van der Waals surface area contributed by atoms with Crippen molar-refractivity contribution in [1.82, 2.24) is 9.55 Å². The zero-order valence-corrected chi connectivity index (χ0v) is 19.7. The Kier molecular flexibility index (Phi) is 7.69. The number of aryl methyl sites for hydroxylation is 2. The van der Waals surface area contributed by atoms with E-state index in [4.69, 9.17) is 4.74 Å². The molecule has 1 atom stereocenters. The van der Waals surface area contributed by atoms with Crippen LogP contribution in [0.25, 0.3) is 11.4 Å². The maximum absolute atomic E-state index is 13.0. The van der Waals surface area contributed by atoms with Gasteiger partial charge in [-0.2, -0.15) is 13.2 Å². The average molecular weight is 475 g/mol. The van der Waals surface area contributed by atoms with Gasteiger partial charge in [-0.1, -0.05) is 31.5 Å². The fraction of sp³-hybridized carbons (Fsp3) is 0.385. The van der Waals surface area contributed by atoms with E-state index < -0.39 is 23.8 Å². The molecule has 0 spiro atoms. The first-order chi connectivity index (χ1) is 16.0. The zero-order valence-electron chi connectivity index (χ0n) is 19.7. The first-order valence-corrected chi connectivity index (χ1v) is 11.2. The molecule has 0 saturated carbocycles. The average Bonchev–Trinajstić information content (AvgIpc) is 3.12. The molecule has 182 valence electrons. The van der Waals surface area contributed by atoms with Crippen molar-refractivity contribution in [3.8, 4) is 17.1 Å². The fourth-order valence-corrected chi connectivity index (χ4v) is 3.91. The summed E-state index contributed by atoms with van der Waals surface area (Å²) in [5, 5.41) is 9.27. The van der Waals surface area contributed by atoms with Crippen LogP contribution in [0.4, 0.5) is 13.2 Å². The molecule has 1 aromatic heterocycles. The summed E-state index contributed by atoms with van der Waals surface area (Å²) < 4.78 is 47.1. The molecule has 0 bridgehead atoms. The van der Waals surface area contributed by atoms with Gasteiger partial charge in [0.1, 0.15) is 17.7 Å². The first-order valence-electron chi connectivity index (χ1n) is 11.2. The van der Waals surface area contributed by atoms with Crippen LogP contribution in [0.2, 0.25) is 0 Å². The van der Waals surface area contributed by atoms with Gasteiger partial charge >= 0.3 is 12.1 Å². The Morgan fingerprint density at radius 3 is 2.38 bits per heavy atom. The third-order valence-electron chi connectivity index (χ3n) is 5.97. The van der Waals surface area contributed by atoms with Crippen molar-refractivity contribution in [2.75, 3.05) is 0 Å². The van der Waals surface area contributed by atoms with Crippen LogP contribution in [0.15, 0.2) is 42.6 Å². The summed E-state index contributed by atoms with van der Waals surface area (Å²) in [7, 11) is 0. The second-order valence-corrected chi connectivity index (χ2v) is 8.49. The highest BCUT2D eigenvalue weighted by Crippen LogP contribution is 2.33. The lowest BCUT2D eigenvalue weighted by Crippen LogP contribution is -2.22. The molecule has 0 aliphatic rings. The van der Waals surface area contributed by atoms with Crippen LogP contribution in [0, 0.1) is 20.8 Å². The largest absolute Gasteiger partial charge is 0.489 e. The van der Waals surface area contributed by atoms with E-state index in [0.717, 1.165) is 40.9 Å². The van der Waals surface area contributed by atoms with E-state index in [-0.39, 0.29) is 6.42 Å². The number of carboxylic acids is 1. The summed E-state index contributed by atoms with van der Waals surface area (Å²) in [4.78, 5) is 15.8. The molecule has 34 heavy (non-hydrogen) atoms. The van der Waals surface area contributed by atoms with E-state index in [1.54, 1.807) is 6.20 Å². The van der Waals surface area contributed by atoms with E-state index in [0.29, 0.717) is 30.1 Å². The molecular formula is C26H29F3N2O3. The lowest BCUT2D eigenvalue weighted by atomic mass is 10.0.